The summed E-state index contributed by atoms with van der Waals surface area (Å²) in [5, 5.41) is 12.5. The predicted octanol–water partition coefficient (Wildman–Crippen LogP) is 1.38. The van der Waals surface area contributed by atoms with E-state index in [9.17, 15) is 4.79 Å². The van der Waals surface area contributed by atoms with Gasteiger partial charge in [0.2, 0.25) is 0 Å². The number of piperazine rings is 1. The Morgan fingerprint density at radius 2 is 2.12 bits per heavy atom. The summed E-state index contributed by atoms with van der Waals surface area (Å²) in [7, 11) is 0. The lowest BCUT2D eigenvalue weighted by Gasteiger charge is -2.29. The number of benzene rings is 1. The number of halogens is 1. The van der Waals surface area contributed by atoms with E-state index in [0.29, 0.717) is 10.6 Å². The molecule has 0 bridgehead atoms. The summed E-state index contributed by atoms with van der Waals surface area (Å²) in [6.45, 7) is 3.84. The minimum Gasteiger partial charge on any atom is -0.481 e. The summed E-state index contributed by atoms with van der Waals surface area (Å²) in [4.78, 5) is 12.9. The maximum atomic E-state index is 10.6. The van der Waals surface area contributed by atoms with Gasteiger partial charge in [-0.3, -0.25) is 4.79 Å². The number of nitrogens with zero attached hydrogens (tertiary/aromatic N) is 1. The standard InChI is InChI=1S/C12H15ClN2O2/c13-11-8-10(15-5-3-14-4-6-15)2-1-9(11)7-12(16)17/h1-2,8,14H,3-7H2,(H,16,17). The Kier molecular flexibility index (Phi) is 3.86. The molecule has 1 fully saturated rings. The van der Waals surface area contributed by atoms with Gasteiger partial charge in [-0.2, -0.15) is 0 Å². The second kappa shape index (κ2) is 5.38. The molecule has 0 radical (unpaired) electrons. The van der Waals surface area contributed by atoms with Gasteiger partial charge in [-0.25, -0.2) is 0 Å². The van der Waals surface area contributed by atoms with E-state index in [1.807, 2.05) is 12.1 Å². The summed E-state index contributed by atoms with van der Waals surface area (Å²) in [5.41, 5.74) is 1.73. The molecule has 0 aliphatic carbocycles. The first-order chi connectivity index (χ1) is 8.16. The van der Waals surface area contributed by atoms with Crippen molar-refractivity contribution in [2.75, 3.05) is 31.1 Å². The summed E-state index contributed by atoms with van der Waals surface area (Å²) in [6.07, 6.45) is -0.0271. The van der Waals surface area contributed by atoms with Crippen molar-refractivity contribution in [3.63, 3.8) is 0 Å². The predicted molar refractivity (Wildman–Crippen MR) is 67.9 cm³/mol. The fraction of sp³-hybridized carbons (Fsp3) is 0.417. The van der Waals surface area contributed by atoms with Crippen LogP contribution in [0.5, 0.6) is 0 Å². The molecule has 1 heterocycles. The van der Waals surface area contributed by atoms with E-state index < -0.39 is 5.97 Å². The topological polar surface area (TPSA) is 52.6 Å². The molecule has 0 atom stereocenters. The highest BCUT2D eigenvalue weighted by Gasteiger charge is 2.12. The smallest absolute Gasteiger partial charge is 0.307 e. The van der Waals surface area contributed by atoms with Crippen molar-refractivity contribution in [1.29, 1.82) is 0 Å². The lowest BCUT2D eigenvalue weighted by atomic mass is 10.1. The largest absolute Gasteiger partial charge is 0.481 e. The van der Waals surface area contributed by atoms with E-state index in [-0.39, 0.29) is 6.42 Å². The second-order valence-corrected chi connectivity index (χ2v) is 4.49. The molecule has 4 nitrogen and oxygen atoms in total. The van der Waals surface area contributed by atoms with Crippen molar-refractivity contribution >= 4 is 23.3 Å². The van der Waals surface area contributed by atoms with Gasteiger partial charge in [0, 0.05) is 36.9 Å². The Hall–Kier alpha value is -1.26. The first-order valence-electron chi connectivity index (χ1n) is 5.63. The number of nitrogens with one attached hydrogen (secondary N) is 1. The van der Waals surface area contributed by atoms with Crippen LogP contribution in [-0.4, -0.2) is 37.3 Å². The van der Waals surface area contributed by atoms with Gasteiger partial charge in [-0.15, -0.1) is 0 Å². The Balaban J connectivity index is 2.14. The lowest BCUT2D eigenvalue weighted by Crippen LogP contribution is -2.43. The van der Waals surface area contributed by atoms with Gasteiger partial charge in [0.05, 0.1) is 6.42 Å². The van der Waals surface area contributed by atoms with E-state index in [1.54, 1.807) is 6.07 Å². The summed E-state index contributed by atoms with van der Waals surface area (Å²) in [6, 6.07) is 5.59. The summed E-state index contributed by atoms with van der Waals surface area (Å²) in [5.74, 6) is -0.859. The average molecular weight is 255 g/mol. The van der Waals surface area contributed by atoms with Crippen LogP contribution in [0.15, 0.2) is 18.2 Å². The zero-order valence-corrected chi connectivity index (χ0v) is 10.2. The lowest BCUT2D eigenvalue weighted by molar-refractivity contribution is -0.136. The second-order valence-electron chi connectivity index (χ2n) is 4.08. The number of rotatable bonds is 3. The molecule has 92 valence electrons. The van der Waals surface area contributed by atoms with Gasteiger partial charge in [-0.1, -0.05) is 17.7 Å². The van der Waals surface area contributed by atoms with E-state index in [1.165, 1.54) is 0 Å². The molecule has 0 amide bonds. The number of anilines is 1. The van der Waals surface area contributed by atoms with E-state index >= 15 is 0 Å². The number of aliphatic carboxylic acids is 1. The number of carboxylic acid groups (broad SMARTS) is 1. The molecule has 0 spiro atoms. The minimum absolute atomic E-state index is 0.0271. The average Bonchev–Trinajstić information content (AvgIpc) is 2.32. The van der Waals surface area contributed by atoms with Crippen LogP contribution in [0, 0.1) is 0 Å². The minimum atomic E-state index is -0.859. The number of hydrogen-bond donors (Lipinski definition) is 2. The zero-order chi connectivity index (χ0) is 12.3. The molecule has 0 aromatic heterocycles. The maximum Gasteiger partial charge on any atom is 0.307 e. The third-order valence-electron chi connectivity index (χ3n) is 2.86. The van der Waals surface area contributed by atoms with Crippen LogP contribution < -0.4 is 10.2 Å². The zero-order valence-electron chi connectivity index (χ0n) is 9.45. The Bertz CT molecular complexity index is 417. The van der Waals surface area contributed by atoms with Gasteiger partial charge < -0.3 is 15.3 Å². The molecule has 1 aliphatic heterocycles. The third-order valence-corrected chi connectivity index (χ3v) is 3.21. The molecule has 1 aromatic rings. The van der Waals surface area contributed by atoms with Crippen molar-refractivity contribution in [3.05, 3.63) is 28.8 Å². The van der Waals surface area contributed by atoms with Crippen LogP contribution in [0.3, 0.4) is 0 Å². The molecule has 1 aliphatic rings. The van der Waals surface area contributed by atoms with Gasteiger partial charge in [0.15, 0.2) is 0 Å². The SMILES string of the molecule is O=C(O)Cc1ccc(N2CCNCC2)cc1Cl. The highest BCUT2D eigenvalue weighted by molar-refractivity contribution is 6.31. The molecular formula is C12H15ClN2O2. The molecule has 0 saturated carbocycles. The van der Waals surface area contributed by atoms with Gasteiger partial charge in [0.25, 0.3) is 0 Å². The van der Waals surface area contributed by atoms with Crippen LogP contribution in [0.25, 0.3) is 0 Å². The maximum absolute atomic E-state index is 10.6. The molecule has 2 N–H and O–H groups in total. The van der Waals surface area contributed by atoms with Crippen LogP contribution >= 0.6 is 11.6 Å². The van der Waals surface area contributed by atoms with Crippen molar-refractivity contribution in [3.8, 4) is 0 Å². The molecular weight excluding hydrogens is 240 g/mol. The summed E-state index contributed by atoms with van der Waals surface area (Å²) >= 11 is 6.09. The van der Waals surface area contributed by atoms with Crippen LogP contribution in [0.2, 0.25) is 5.02 Å². The number of carboxylic acids is 1. The van der Waals surface area contributed by atoms with Gasteiger partial charge in [0.1, 0.15) is 0 Å². The fourth-order valence-electron chi connectivity index (χ4n) is 1.96. The quantitative estimate of drug-likeness (QED) is 0.856. The third kappa shape index (κ3) is 3.11. The van der Waals surface area contributed by atoms with Crippen LogP contribution in [-0.2, 0) is 11.2 Å². The molecule has 0 unspecified atom stereocenters. The molecule has 1 aromatic carbocycles. The van der Waals surface area contributed by atoms with Crippen LogP contribution in [0.1, 0.15) is 5.56 Å². The first kappa shape index (κ1) is 12.2. The Labute approximate surface area is 105 Å². The van der Waals surface area contributed by atoms with Crippen molar-refractivity contribution in [2.45, 2.75) is 6.42 Å². The van der Waals surface area contributed by atoms with Gasteiger partial charge >= 0.3 is 5.97 Å². The molecule has 1 saturated heterocycles. The van der Waals surface area contributed by atoms with Crippen molar-refractivity contribution in [1.82, 2.24) is 5.32 Å². The normalized spacial score (nSPS) is 15.9. The van der Waals surface area contributed by atoms with E-state index in [4.69, 9.17) is 16.7 Å². The number of hydrogen-bond acceptors (Lipinski definition) is 3. The summed E-state index contributed by atoms with van der Waals surface area (Å²) < 4.78 is 0. The molecule has 2 rings (SSSR count). The number of carbonyl (C=O) groups is 1. The van der Waals surface area contributed by atoms with Crippen molar-refractivity contribution < 1.29 is 9.90 Å². The fourth-order valence-corrected chi connectivity index (χ4v) is 2.20. The van der Waals surface area contributed by atoms with E-state index in [2.05, 4.69) is 10.2 Å². The Morgan fingerprint density at radius 1 is 1.41 bits per heavy atom. The monoisotopic (exact) mass is 254 g/mol. The van der Waals surface area contributed by atoms with E-state index in [0.717, 1.165) is 31.9 Å². The highest BCUT2D eigenvalue weighted by Crippen LogP contribution is 2.24. The van der Waals surface area contributed by atoms with Crippen LogP contribution in [0.4, 0.5) is 5.69 Å². The first-order valence-corrected chi connectivity index (χ1v) is 6.00. The molecule has 5 heteroatoms. The molecule has 17 heavy (non-hydrogen) atoms. The Morgan fingerprint density at radius 3 is 2.71 bits per heavy atom. The highest BCUT2D eigenvalue weighted by atomic mass is 35.5. The van der Waals surface area contributed by atoms with Crippen molar-refractivity contribution in [2.24, 2.45) is 0 Å². The van der Waals surface area contributed by atoms with Gasteiger partial charge in [-0.05, 0) is 17.7 Å².